The van der Waals surface area contributed by atoms with E-state index in [9.17, 15) is 13.2 Å². The lowest BCUT2D eigenvalue weighted by Crippen LogP contribution is -2.30. The van der Waals surface area contributed by atoms with E-state index in [2.05, 4.69) is 14.8 Å². The van der Waals surface area contributed by atoms with Gasteiger partial charge in [-0.25, -0.2) is 13.4 Å². The monoisotopic (exact) mass is 366 g/mol. The van der Waals surface area contributed by atoms with E-state index < -0.39 is 22.5 Å². The van der Waals surface area contributed by atoms with Crippen LogP contribution in [0.15, 0.2) is 41.6 Å². The van der Waals surface area contributed by atoms with Crippen LogP contribution in [0.2, 0.25) is 0 Å². The summed E-state index contributed by atoms with van der Waals surface area (Å²) in [7, 11) is -2.18. The molecule has 1 aromatic carbocycles. The number of carbonyl (C=O) groups is 1. The minimum absolute atomic E-state index is 0.00675. The van der Waals surface area contributed by atoms with Gasteiger partial charge in [-0.05, 0) is 12.1 Å². The van der Waals surface area contributed by atoms with Crippen LogP contribution in [0.5, 0.6) is 0 Å². The van der Waals surface area contributed by atoms with Crippen LogP contribution >= 0.6 is 11.3 Å². The van der Waals surface area contributed by atoms with Gasteiger partial charge < -0.3 is 4.74 Å². The Kier molecular flexibility index (Phi) is 4.60. The number of fused-ring (bicyclic) bond motifs is 1. The number of aromatic nitrogens is 3. The Balaban J connectivity index is 1.54. The molecule has 0 aliphatic heterocycles. The molecular formula is C14H14N4O4S2. The van der Waals surface area contributed by atoms with E-state index in [-0.39, 0.29) is 11.5 Å². The van der Waals surface area contributed by atoms with Gasteiger partial charge in [0.15, 0.2) is 0 Å². The SMILES string of the molecule is Cn1cc(S(=O)(=O)NCC(=O)OCc2nc3ccccc3s2)cn1. The molecule has 0 spiro atoms. The number of rotatable bonds is 6. The van der Waals surface area contributed by atoms with Crippen molar-refractivity contribution in [3.8, 4) is 0 Å². The third-order valence-corrected chi connectivity index (χ3v) is 5.46. The highest BCUT2D eigenvalue weighted by Crippen LogP contribution is 2.21. The molecule has 0 bridgehead atoms. The van der Waals surface area contributed by atoms with Gasteiger partial charge in [-0.15, -0.1) is 11.3 Å². The van der Waals surface area contributed by atoms with Crippen LogP contribution in [-0.4, -0.2) is 35.7 Å². The van der Waals surface area contributed by atoms with E-state index in [1.807, 2.05) is 24.3 Å². The second kappa shape index (κ2) is 6.67. The zero-order valence-corrected chi connectivity index (χ0v) is 14.3. The fraction of sp³-hybridized carbons (Fsp3) is 0.214. The Bertz CT molecular complexity index is 944. The summed E-state index contributed by atoms with van der Waals surface area (Å²) in [4.78, 5) is 16.0. The van der Waals surface area contributed by atoms with Crippen molar-refractivity contribution in [1.29, 1.82) is 0 Å². The lowest BCUT2D eigenvalue weighted by molar-refractivity contribution is -0.143. The van der Waals surface area contributed by atoms with Gasteiger partial charge in [0.1, 0.15) is 23.1 Å². The topological polar surface area (TPSA) is 103 Å². The number of hydrogen-bond donors (Lipinski definition) is 1. The summed E-state index contributed by atoms with van der Waals surface area (Å²) in [5.74, 6) is -0.679. The van der Waals surface area contributed by atoms with Crippen molar-refractivity contribution in [2.24, 2.45) is 7.05 Å². The lowest BCUT2D eigenvalue weighted by Gasteiger charge is -2.04. The van der Waals surface area contributed by atoms with Crippen LogP contribution < -0.4 is 4.72 Å². The zero-order chi connectivity index (χ0) is 17.2. The molecule has 8 nitrogen and oxygen atoms in total. The molecule has 0 aliphatic carbocycles. The van der Waals surface area contributed by atoms with Crippen molar-refractivity contribution < 1.29 is 17.9 Å². The first-order valence-corrected chi connectivity index (χ1v) is 9.22. The van der Waals surface area contributed by atoms with E-state index in [0.717, 1.165) is 10.2 Å². The summed E-state index contributed by atoms with van der Waals surface area (Å²) in [6.07, 6.45) is 2.55. The van der Waals surface area contributed by atoms with Crippen LogP contribution in [0.1, 0.15) is 5.01 Å². The van der Waals surface area contributed by atoms with Gasteiger partial charge in [0, 0.05) is 13.2 Å². The van der Waals surface area contributed by atoms with Crippen molar-refractivity contribution in [2.45, 2.75) is 11.5 Å². The maximum Gasteiger partial charge on any atom is 0.321 e. The summed E-state index contributed by atoms with van der Waals surface area (Å²) >= 11 is 1.42. The Morgan fingerprint density at radius 1 is 1.38 bits per heavy atom. The van der Waals surface area contributed by atoms with E-state index in [1.54, 1.807) is 7.05 Å². The Morgan fingerprint density at radius 2 is 2.17 bits per heavy atom. The Morgan fingerprint density at radius 3 is 2.88 bits per heavy atom. The molecule has 2 heterocycles. The number of carbonyl (C=O) groups excluding carboxylic acids is 1. The summed E-state index contributed by atoms with van der Waals surface area (Å²) in [6.45, 7) is -0.449. The third-order valence-electron chi connectivity index (χ3n) is 3.09. The highest BCUT2D eigenvalue weighted by atomic mass is 32.2. The molecule has 126 valence electrons. The molecule has 2 aromatic heterocycles. The normalized spacial score (nSPS) is 11.7. The smallest absolute Gasteiger partial charge is 0.321 e. The molecule has 3 aromatic rings. The van der Waals surface area contributed by atoms with Gasteiger partial charge in [-0.3, -0.25) is 9.48 Å². The molecule has 0 saturated carbocycles. The van der Waals surface area contributed by atoms with Crippen molar-refractivity contribution in [1.82, 2.24) is 19.5 Å². The standard InChI is InChI=1S/C14H14N4O4S2/c1-18-8-10(6-15-18)24(20,21)16-7-14(19)22-9-13-17-11-4-2-3-5-12(11)23-13/h2-6,8,16H,7,9H2,1H3. The predicted octanol–water partition coefficient (Wildman–Crippen LogP) is 1.05. The fourth-order valence-corrected chi connectivity index (χ4v) is 3.78. The van der Waals surface area contributed by atoms with Crippen molar-refractivity contribution in [3.05, 3.63) is 41.7 Å². The van der Waals surface area contributed by atoms with Crippen molar-refractivity contribution >= 4 is 37.5 Å². The number of para-hydroxylation sites is 1. The maximum absolute atomic E-state index is 12.0. The first-order chi connectivity index (χ1) is 11.4. The van der Waals surface area contributed by atoms with Gasteiger partial charge in [-0.1, -0.05) is 12.1 Å². The van der Waals surface area contributed by atoms with Gasteiger partial charge in [-0.2, -0.15) is 9.82 Å². The predicted molar refractivity (Wildman–Crippen MR) is 87.8 cm³/mol. The number of ether oxygens (including phenoxy) is 1. The maximum atomic E-state index is 12.0. The average Bonchev–Trinajstić information content (AvgIpc) is 3.17. The van der Waals surface area contributed by atoms with E-state index in [0.29, 0.717) is 5.01 Å². The number of benzene rings is 1. The quantitative estimate of drug-likeness (QED) is 0.654. The highest BCUT2D eigenvalue weighted by molar-refractivity contribution is 7.89. The minimum atomic E-state index is -3.79. The van der Waals surface area contributed by atoms with E-state index in [4.69, 9.17) is 4.74 Å². The summed E-state index contributed by atoms with van der Waals surface area (Å²) in [6, 6.07) is 7.59. The molecule has 0 unspecified atom stereocenters. The van der Waals surface area contributed by atoms with Gasteiger partial charge >= 0.3 is 5.97 Å². The van der Waals surface area contributed by atoms with Gasteiger partial charge in [0.05, 0.1) is 16.4 Å². The molecule has 10 heteroatoms. The second-order valence-corrected chi connectivity index (χ2v) is 7.79. The molecule has 0 saturated heterocycles. The van der Waals surface area contributed by atoms with Crippen molar-refractivity contribution in [3.63, 3.8) is 0 Å². The fourth-order valence-electron chi connectivity index (χ4n) is 1.95. The second-order valence-electron chi connectivity index (χ2n) is 4.91. The average molecular weight is 366 g/mol. The number of thiazole rings is 1. The third kappa shape index (κ3) is 3.78. The number of esters is 1. The molecule has 0 atom stereocenters. The van der Waals surface area contributed by atoms with E-state index in [1.165, 1.54) is 28.4 Å². The summed E-state index contributed by atoms with van der Waals surface area (Å²) in [5.41, 5.74) is 0.839. The number of nitrogens with zero attached hydrogens (tertiary/aromatic N) is 3. The Labute approximate surface area is 142 Å². The first-order valence-electron chi connectivity index (χ1n) is 6.92. The molecule has 1 N–H and O–H groups in total. The number of nitrogens with one attached hydrogen (secondary N) is 1. The number of sulfonamides is 1. The first kappa shape index (κ1) is 16.6. The molecule has 0 radical (unpaired) electrons. The van der Waals surface area contributed by atoms with Crippen LogP contribution in [-0.2, 0) is 33.2 Å². The molecule has 24 heavy (non-hydrogen) atoms. The van der Waals surface area contributed by atoms with Gasteiger partial charge in [0.25, 0.3) is 0 Å². The van der Waals surface area contributed by atoms with Crippen LogP contribution in [0.4, 0.5) is 0 Å². The van der Waals surface area contributed by atoms with Crippen LogP contribution in [0, 0.1) is 0 Å². The van der Waals surface area contributed by atoms with Crippen LogP contribution in [0.3, 0.4) is 0 Å². The van der Waals surface area contributed by atoms with E-state index >= 15 is 0 Å². The minimum Gasteiger partial charge on any atom is -0.457 e. The molecule has 3 rings (SSSR count). The Hall–Kier alpha value is -2.30. The van der Waals surface area contributed by atoms with Crippen molar-refractivity contribution in [2.75, 3.05) is 6.54 Å². The van der Waals surface area contributed by atoms with Gasteiger partial charge in [0.2, 0.25) is 10.0 Å². The number of hydrogen-bond acceptors (Lipinski definition) is 7. The molecule has 0 fully saturated rings. The van der Waals surface area contributed by atoms with Crippen LogP contribution in [0.25, 0.3) is 10.2 Å². The highest BCUT2D eigenvalue weighted by Gasteiger charge is 2.18. The largest absolute Gasteiger partial charge is 0.457 e. The number of aryl methyl sites for hydroxylation is 1. The zero-order valence-electron chi connectivity index (χ0n) is 12.7. The summed E-state index contributed by atoms with van der Waals surface area (Å²) < 4.78 is 33.5. The molecular weight excluding hydrogens is 352 g/mol. The molecule has 0 amide bonds. The summed E-state index contributed by atoms with van der Waals surface area (Å²) in [5, 5.41) is 4.43. The molecule has 0 aliphatic rings. The lowest BCUT2D eigenvalue weighted by atomic mass is 10.3.